The molecule has 27 heavy (non-hydrogen) atoms. The van der Waals surface area contributed by atoms with Crippen LogP contribution in [0.3, 0.4) is 0 Å². The first-order chi connectivity index (χ1) is 13.0. The van der Waals surface area contributed by atoms with Gasteiger partial charge in [0, 0.05) is 29.1 Å². The molecule has 0 N–H and O–H groups in total. The normalized spacial score (nSPS) is 40.6. The number of fused-ring (bicyclic) bond motifs is 5. The summed E-state index contributed by atoms with van der Waals surface area (Å²) in [5.74, 6) is 2.12. The Bertz CT molecular complexity index is 874. The molecule has 0 radical (unpaired) electrons. The molecule has 3 nitrogen and oxygen atoms in total. The van der Waals surface area contributed by atoms with E-state index >= 15 is 0 Å². The predicted molar refractivity (Wildman–Crippen MR) is 108 cm³/mol. The van der Waals surface area contributed by atoms with E-state index in [0.29, 0.717) is 11.3 Å². The number of carbonyl (C=O) groups excluding carboxylic acids is 1. The summed E-state index contributed by atoms with van der Waals surface area (Å²) < 4.78 is 2.07. The van der Waals surface area contributed by atoms with Gasteiger partial charge in [-0.3, -0.25) is 4.79 Å². The minimum atomic E-state index is -0.0399. The third-order valence-electron chi connectivity index (χ3n) is 8.37. The highest BCUT2D eigenvalue weighted by molar-refractivity contribution is 5.92. The first-order valence-corrected chi connectivity index (χ1v) is 10.6. The summed E-state index contributed by atoms with van der Waals surface area (Å²) >= 11 is 0. The van der Waals surface area contributed by atoms with Crippen LogP contribution in [0.5, 0.6) is 0 Å². The maximum atomic E-state index is 11.9. The molecule has 0 aromatic carbocycles. The van der Waals surface area contributed by atoms with Crippen molar-refractivity contribution in [3.63, 3.8) is 0 Å². The van der Waals surface area contributed by atoms with Gasteiger partial charge in [0.1, 0.15) is 0 Å². The Morgan fingerprint density at radius 1 is 1.26 bits per heavy atom. The zero-order chi connectivity index (χ0) is 18.8. The number of imidazole rings is 1. The van der Waals surface area contributed by atoms with E-state index in [2.05, 4.69) is 42.5 Å². The zero-order valence-corrected chi connectivity index (χ0v) is 16.7. The van der Waals surface area contributed by atoms with Crippen LogP contribution >= 0.6 is 0 Å². The fraction of sp³-hybridized carbons (Fsp3) is 0.583. The lowest BCUT2D eigenvalue weighted by atomic mass is 9.49. The first-order valence-electron chi connectivity index (χ1n) is 10.6. The molecule has 3 heteroatoms. The quantitative estimate of drug-likeness (QED) is 0.520. The maximum Gasteiger partial charge on any atom is 0.151 e. The molecule has 0 aliphatic heterocycles. The molecule has 1 aromatic rings. The lowest BCUT2D eigenvalue weighted by Gasteiger charge is -2.56. The van der Waals surface area contributed by atoms with Crippen molar-refractivity contribution in [3.8, 4) is 0 Å². The van der Waals surface area contributed by atoms with Crippen molar-refractivity contribution in [1.29, 1.82) is 0 Å². The van der Waals surface area contributed by atoms with E-state index in [1.165, 1.54) is 31.3 Å². The minimum absolute atomic E-state index is 0.0399. The van der Waals surface area contributed by atoms with Crippen LogP contribution in [0.4, 0.5) is 0 Å². The van der Waals surface area contributed by atoms with E-state index in [-0.39, 0.29) is 5.41 Å². The van der Waals surface area contributed by atoms with Crippen LogP contribution in [0.2, 0.25) is 0 Å². The number of carbonyl (C=O) groups is 1. The molecular formula is C24H30N2O. The van der Waals surface area contributed by atoms with Gasteiger partial charge in [0.25, 0.3) is 0 Å². The number of hydrogen-bond donors (Lipinski definition) is 0. The standard InChI is InChI=1S/C24H30N2O/c1-16-6-8-23(2)18(12-16)4-5-19-20(23)7-9-24(3)21(19)13-17(14-27)22(24)26-11-10-25-15-26/h4,10-11,13-16,19-20H,5-9,12H2,1-3H3/t16-,19+,20-,23-,24-/m0/s1. The van der Waals surface area contributed by atoms with E-state index in [0.717, 1.165) is 42.2 Å². The van der Waals surface area contributed by atoms with E-state index in [1.807, 2.05) is 18.7 Å². The van der Waals surface area contributed by atoms with Crippen LogP contribution in [0.25, 0.3) is 5.70 Å². The van der Waals surface area contributed by atoms with Gasteiger partial charge in [-0.15, -0.1) is 0 Å². The van der Waals surface area contributed by atoms with Crippen LogP contribution in [0, 0.1) is 28.6 Å². The fourth-order valence-corrected chi connectivity index (χ4v) is 6.89. The lowest BCUT2D eigenvalue weighted by molar-refractivity contribution is -0.104. The smallest absolute Gasteiger partial charge is 0.151 e. The molecule has 1 aromatic heterocycles. The highest BCUT2D eigenvalue weighted by Gasteiger charge is 2.55. The molecule has 142 valence electrons. The van der Waals surface area contributed by atoms with Crippen molar-refractivity contribution in [2.24, 2.45) is 28.6 Å². The van der Waals surface area contributed by atoms with Gasteiger partial charge in [0.2, 0.25) is 0 Å². The van der Waals surface area contributed by atoms with Crippen molar-refractivity contribution in [3.05, 3.63) is 47.6 Å². The van der Waals surface area contributed by atoms with Gasteiger partial charge in [-0.05, 0) is 67.8 Å². The Hall–Kier alpha value is -1.90. The van der Waals surface area contributed by atoms with Crippen LogP contribution in [0.15, 0.2) is 47.6 Å². The van der Waals surface area contributed by atoms with Crippen LogP contribution in [-0.2, 0) is 4.79 Å². The van der Waals surface area contributed by atoms with Gasteiger partial charge in [-0.2, -0.15) is 0 Å². The molecule has 4 aliphatic carbocycles. The monoisotopic (exact) mass is 362 g/mol. The molecule has 5 rings (SSSR count). The van der Waals surface area contributed by atoms with Crippen LogP contribution in [-0.4, -0.2) is 15.8 Å². The fourth-order valence-electron chi connectivity index (χ4n) is 6.89. The summed E-state index contributed by atoms with van der Waals surface area (Å²) in [4.78, 5) is 16.2. The second-order valence-corrected chi connectivity index (χ2v) is 9.81. The lowest BCUT2D eigenvalue weighted by Crippen LogP contribution is -2.46. The Morgan fingerprint density at radius 3 is 2.85 bits per heavy atom. The Balaban J connectivity index is 1.57. The molecule has 0 bridgehead atoms. The van der Waals surface area contributed by atoms with E-state index in [4.69, 9.17) is 0 Å². The molecule has 0 saturated heterocycles. The van der Waals surface area contributed by atoms with Gasteiger partial charge in [-0.1, -0.05) is 38.0 Å². The second kappa shape index (κ2) is 5.80. The molecular weight excluding hydrogens is 332 g/mol. The van der Waals surface area contributed by atoms with E-state index in [9.17, 15) is 4.79 Å². The number of nitrogens with zero attached hydrogens (tertiary/aromatic N) is 2. The van der Waals surface area contributed by atoms with Crippen molar-refractivity contribution < 1.29 is 4.79 Å². The van der Waals surface area contributed by atoms with Crippen molar-refractivity contribution in [2.45, 2.75) is 59.3 Å². The van der Waals surface area contributed by atoms with Gasteiger partial charge < -0.3 is 4.57 Å². The third-order valence-corrected chi connectivity index (χ3v) is 8.37. The largest absolute Gasteiger partial charge is 0.308 e. The summed E-state index contributed by atoms with van der Waals surface area (Å²) in [6.07, 6.45) is 19.0. The van der Waals surface area contributed by atoms with Crippen molar-refractivity contribution in [1.82, 2.24) is 9.55 Å². The molecule has 4 aliphatic rings. The minimum Gasteiger partial charge on any atom is -0.308 e. The van der Waals surface area contributed by atoms with Gasteiger partial charge in [0.05, 0.1) is 6.33 Å². The summed E-state index contributed by atoms with van der Waals surface area (Å²) in [5, 5.41) is 0. The SMILES string of the molecule is C[C@H]1CC[C@@]2(C)C(=CC[C@H]3C4=CC(C=O)=C(n5ccnc5)[C@@]4(C)CC[C@@H]32)C1. The average Bonchev–Trinajstić information content (AvgIpc) is 3.26. The number of hydrogen-bond acceptors (Lipinski definition) is 2. The van der Waals surface area contributed by atoms with E-state index < -0.39 is 0 Å². The molecule has 5 atom stereocenters. The average molecular weight is 363 g/mol. The first kappa shape index (κ1) is 17.2. The molecule has 1 heterocycles. The van der Waals surface area contributed by atoms with E-state index in [1.54, 1.807) is 5.57 Å². The summed E-state index contributed by atoms with van der Waals surface area (Å²) in [7, 11) is 0. The predicted octanol–water partition coefficient (Wildman–Crippen LogP) is 5.42. The summed E-state index contributed by atoms with van der Waals surface area (Å²) in [6, 6.07) is 0. The van der Waals surface area contributed by atoms with Crippen LogP contribution < -0.4 is 0 Å². The van der Waals surface area contributed by atoms with Gasteiger partial charge in [-0.25, -0.2) is 4.98 Å². The number of allylic oxidation sites excluding steroid dienone is 6. The van der Waals surface area contributed by atoms with Crippen LogP contribution in [0.1, 0.15) is 59.3 Å². The molecule has 0 unspecified atom stereocenters. The second-order valence-electron chi connectivity index (χ2n) is 9.81. The third kappa shape index (κ3) is 2.26. The molecule has 0 amide bonds. The Labute approximate surface area is 162 Å². The molecule has 0 spiro atoms. The Morgan fingerprint density at radius 2 is 2.11 bits per heavy atom. The van der Waals surface area contributed by atoms with Crippen molar-refractivity contribution >= 4 is 12.0 Å². The molecule has 2 saturated carbocycles. The zero-order valence-electron chi connectivity index (χ0n) is 16.7. The molecule has 2 fully saturated rings. The Kier molecular flexibility index (Phi) is 3.70. The van der Waals surface area contributed by atoms with Gasteiger partial charge >= 0.3 is 0 Å². The number of rotatable bonds is 2. The number of aldehydes is 1. The van der Waals surface area contributed by atoms with Crippen molar-refractivity contribution in [2.75, 3.05) is 0 Å². The number of aromatic nitrogens is 2. The topological polar surface area (TPSA) is 34.9 Å². The maximum absolute atomic E-state index is 11.9. The summed E-state index contributed by atoms with van der Waals surface area (Å²) in [5.41, 5.74) is 5.53. The highest BCUT2D eigenvalue weighted by atomic mass is 16.1. The summed E-state index contributed by atoms with van der Waals surface area (Å²) in [6.45, 7) is 7.29. The van der Waals surface area contributed by atoms with Gasteiger partial charge in [0.15, 0.2) is 6.29 Å². The highest BCUT2D eigenvalue weighted by Crippen LogP contribution is 2.65.